The number of hydrogen-bond acceptors (Lipinski definition) is 5. The van der Waals surface area contributed by atoms with E-state index in [1.165, 1.54) is 23.5 Å². The summed E-state index contributed by atoms with van der Waals surface area (Å²) in [6, 6.07) is 12.2. The van der Waals surface area contributed by atoms with Gasteiger partial charge in [-0.2, -0.15) is 4.99 Å². The van der Waals surface area contributed by atoms with Gasteiger partial charge in [0.15, 0.2) is 16.0 Å². The fraction of sp³-hybridized carbons (Fsp3) is 0.150. The second-order valence-corrected chi connectivity index (χ2v) is 7.04. The second-order valence-electron chi connectivity index (χ2n) is 6.03. The Balaban J connectivity index is 1.85. The maximum absolute atomic E-state index is 13.6. The summed E-state index contributed by atoms with van der Waals surface area (Å²) in [4.78, 5) is 29.4. The molecule has 6 nitrogen and oxygen atoms in total. The van der Waals surface area contributed by atoms with Crippen molar-refractivity contribution in [3.8, 4) is 0 Å². The molecule has 2 aromatic heterocycles. The molecule has 2 heterocycles. The Kier molecular flexibility index (Phi) is 4.89. The third-order valence-corrected chi connectivity index (χ3v) is 5.25. The van der Waals surface area contributed by atoms with E-state index < -0.39 is 5.91 Å². The van der Waals surface area contributed by atoms with Crippen LogP contribution in [0.15, 0.2) is 62.7 Å². The van der Waals surface area contributed by atoms with Gasteiger partial charge in [0.2, 0.25) is 0 Å². The Morgan fingerprint density at radius 1 is 1.25 bits per heavy atom. The molecule has 0 fully saturated rings. The third-order valence-electron chi connectivity index (χ3n) is 4.21. The van der Waals surface area contributed by atoms with Gasteiger partial charge in [-0.3, -0.25) is 9.59 Å². The van der Waals surface area contributed by atoms with Crippen molar-refractivity contribution in [1.82, 2.24) is 4.57 Å². The Bertz CT molecular complexity index is 1320. The lowest BCUT2D eigenvalue weighted by atomic mass is 10.2. The van der Waals surface area contributed by atoms with Gasteiger partial charge in [-0.05, 0) is 30.3 Å². The normalized spacial score (nSPS) is 12.1. The van der Waals surface area contributed by atoms with Gasteiger partial charge < -0.3 is 13.7 Å². The molecule has 0 saturated heterocycles. The van der Waals surface area contributed by atoms with Gasteiger partial charge in [-0.1, -0.05) is 23.5 Å². The molecule has 0 radical (unpaired) electrons. The molecule has 0 atom stereocenters. The molecule has 8 heteroatoms. The molecule has 0 bridgehead atoms. The first-order valence-electron chi connectivity index (χ1n) is 8.46. The molecule has 0 spiro atoms. The Hall–Kier alpha value is -3.10. The topological polar surface area (TPSA) is 73.8 Å². The van der Waals surface area contributed by atoms with Crippen molar-refractivity contribution in [1.29, 1.82) is 0 Å². The second kappa shape index (κ2) is 7.49. The van der Waals surface area contributed by atoms with E-state index in [2.05, 4.69) is 4.99 Å². The molecule has 142 valence electrons. The minimum absolute atomic E-state index is 0.148. The molecule has 0 aliphatic carbocycles. The zero-order valence-corrected chi connectivity index (χ0v) is 15.7. The third kappa shape index (κ3) is 3.39. The van der Waals surface area contributed by atoms with Crippen LogP contribution in [0.1, 0.15) is 10.6 Å². The number of fused-ring (bicyclic) bond motifs is 2. The Labute approximate surface area is 162 Å². The van der Waals surface area contributed by atoms with E-state index in [0.29, 0.717) is 33.6 Å². The predicted octanol–water partition coefficient (Wildman–Crippen LogP) is 3.34. The first-order valence-corrected chi connectivity index (χ1v) is 9.28. The van der Waals surface area contributed by atoms with E-state index in [1.54, 1.807) is 42.0 Å². The first kappa shape index (κ1) is 18.3. The standard InChI is InChI=1S/C20H15FN2O4S/c1-26-9-8-23-14-7-6-12(21)10-18(14)28-20(23)22-19(25)17-11-15(24)13-4-2-3-5-16(13)27-17/h2-7,10-11H,8-9H2,1H3. The molecular formula is C20H15FN2O4S. The monoisotopic (exact) mass is 398 g/mol. The number of carbonyl (C=O) groups excluding carboxylic acids is 1. The van der Waals surface area contributed by atoms with Gasteiger partial charge in [-0.25, -0.2) is 4.39 Å². The number of halogens is 1. The highest BCUT2D eigenvalue weighted by molar-refractivity contribution is 7.16. The van der Waals surface area contributed by atoms with Crippen LogP contribution in [0.3, 0.4) is 0 Å². The van der Waals surface area contributed by atoms with Crippen LogP contribution in [0.2, 0.25) is 0 Å². The first-order chi connectivity index (χ1) is 13.6. The predicted molar refractivity (Wildman–Crippen MR) is 104 cm³/mol. The van der Waals surface area contributed by atoms with Crippen molar-refractivity contribution in [3.05, 3.63) is 75.1 Å². The fourth-order valence-corrected chi connectivity index (χ4v) is 3.96. The number of aromatic nitrogens is 1. The lowest BCUT2D eigenvalue weighted by molar-refractivity contribution is 0.0971. The van der Waals surface area contributed by atoms with Gasteiger partial charge in [0.1, 0.15) is 11.4 Å². The van der Waals surface area contributed by atoms with E-state index in [-0.39, 0.29) is 17.0 Å². The van der Waals surface area contributed by atoms with Crippen LogP contribution in [-0.4, -0.2) is 24.2 Å². The van der Waals surface area contributed by atoms with E-state index in [0.717, 1.165) is 11.6 Å². The van der Waals surface area contributed by atoms with E-state index >= 15 is 0 Å². The maximum atomic E-state index is 13.6. The highest BCUT2D eigenvalue weighted by Crippen LogP contribution is 2.19. The molecule has 28 heavy (non-hydrogen) atoms. The van der Waals surface area contributed by atoms with Crippen molar-refractivity contribution in [2.75, 3.05) is 13.7 Å². The van der Waals surface area contributed by atoms with Crippen LogP contribution in [0.25, 0.3) is 21.2 Å². The quantitative estimate of drug-likeness (QED) is 0.529. The zero-order chi connectivity index (χ0) is 19.7. The summed E-state index contributed by atoms with van der Waals surface area (Å²) in [6.07, 6.45) is 0. The van der Waals surface area contributed by atoms with Crippen molar-refractivity contribution in [2.24, 2.45) is 4.99 Å². The van der Waals surface area contributed by atoms with Crippen molar-refractivity contribution in [2.45, 2.75) is 6.54 Å². The maximum Gasteiger partial charge on any atom is 0.315 e. The molecule has 0 N–H and O–H groups in total. The average molecular weight is 398 g/mol. The molecule has 0 saturated carbocycles. The van der Waals surface area contributed by atoms with Crippen LogP contribution < -0.4 is 10.2 Å². The number of benzene rings is 2. The number of methoxy groups -OCH3 is 1. The number of nitrogens with zero attached hydrogens (tertiary/aromatic N) is 2. The van der Waals surface area contributed by atoms with Crippen LogP contribution >= 0.6 is 11.3 Å². The van der Waals surface area contributed by atoms with E-state index in [1.807, 2.05) is 0 Å². The van der Waals surface area contributed by atoms with Crippen LogP contribution in [0.4, 0.5) is 4.39 Å². The largest absolute Gasteiger partial charge is 0.451 e. The molecule has 4 rings (SSSR count). The summed E-state index contributed by atoms with van der Waals surface area (Å²) < 4.78 is 26.7. The van der Waals surface area contributed by atoms with Gasteiger partial charge in [0.25, 0.3) is 0 Å². The molecule has 4 aromatic rings. The molecule has 0 aliphatic heterocycles. The number of carbonyl (C=O) groups is 1. The number of rotatable bonds is 4. The number of thiazole rings is 1. The van der Waals surface area contributed by atoms with E-state index in [4.69, 9.17) is 9.15 Å². The summed E-state index contributed by atoms with van der Waals surface area (Å²) in [7, 11) is 1.57. The summed E-state index contributed by atoms with van der Waals surface area (Å²) in [5.74, 6) is -1.20. The SMILES string of the molecule is COCCn1c(=NC(=O)c2cc(=O)c3ccccc3o2)sc2cc(F)ccc21. The molecular weight excluding hydrogens is 383 g/mol. The minimum atomic E-state index is -0.680. The lowest BCUT2D eigenvalue weighted by Gasteiger charge is -2.04. The Morgan fingerprint density at radius 3 is 2.89 bits per heavy atom. The fourth-order valence-electron chi connectivity index (χ4n) is 2.88. The van der Waals surface area contributed by atoms with Crippen LogP contribution in [-0.2, 0) is 11.3 Å². The molecule has 0 aliphatic rings. The van der Waals surface area contributed by atoms with E-state index in [9.17, 15) is 14.0 Å². The number of amides is 1. The minimum Gasteiger partial charge on any atom is -0.451 e. The summed E-state index contributed by atoms with van der Waals surface area (Å²) >= 11 is 1.18. The van der Waals surface area contributed by atoms with Crippen molar-refractivity contribution < 1.29 is 18.3 Å². The summed E-state index contributed by atoms with van der Waals surface area (Å²) in [5, 5.41) is 0.395. The summed E-state index contributed by atoms with van der Waals surface area (Å²) in [6.45, 7) is 0.839. The number of para-hydroxylation sites is 1. The van der Waals surface area contributed by atoms with Gasteiger partial charge in [0, 0.05) is 19.7 Å². The summed E-state index contributed by atoms with van der Waals surface area (Å²) in [5.41, 5.74) is 0.750. The average Bonchev–Trinajstić information content (AvgIpc) is 3.02. The highest BCUT2D eigenvalue weighted by Gasteiger charge is 2.14. The number of ether oxygens (including phenoxy) is 1. The van der Waals surface area contributed by atoms with Gasteiger partial charge in [0.05, 0.1) is 22.2 Å². The zero-order valence-electron chi connectivity index (χ0n) is 14.8. The Morgan fingerprint density at radius 2 is 2.07 bits per heavy atom. The molecule has 1 amide bonds. The van der Waals surface area contributed by atoms with Gasteiger partial charge >= 0.3 is 5.91 Å². The van der Waals surface area contributed by atoms with Crippen LogP contribution in [0.5, 0.6) is 0 Å². The van der Waals surface area contributed by atoms with Gasteiger partial charge in [-0.15, -0.1) is 0 Å². The highest BCUT2D eigenvalue weighted by atomic mass is 32.1. The van der Waals surface area contributed by atoms with Crippen LogP contribution in [0, 0.1) is 5.82 Å². The smallest absolute Gasteiger partial charge is 0.315 e. The van der Waals surface area contributed by atoms with Crippen molar-refractivity contribution in [3.63, 3.8) is 0 Å². The number of hydrogen-bond donors (Lipinski definition) is 0. The molecule has 0 unspecified atom stereocenters. The molecule has 2 aromatic carbocycles. The van der Waals surface area contributed by atoms with Crippen molar-refractivity contribution >= 4 is 38.4 Å². The lowest BCUT2D eigenvalue weighted by Crippen LogP contribution is -2.19.